The third-order valence-electron chi connectivity index (χ3n) is 4.84. The third kappa shape index (κ3) is 3.11. The molecule has 114 valence electrons. The van der Waals surface area contributed by atoms with Crippen LogP contribution >= 0.6 is 0 Å². The topological polar surface area (TPSA) is 58.4 Å². The number of amides is 1. The van der Waals surface area contributed by atoms with Crippen molar-refractivity contribution in [1.82, 2.24) is 10.2 Å². The molecule has 21 heavy (non-hydrogen) atoms. The fourth-order valence-electron chi connectivity index (χ4n) is 3.30. The van der Waals surface area contributed by atoms with Crippen LogP contribution in [0.1, 0.15) is 44.2 Å². The average molecular weight is 287 g/mol. The predicted octanol–water partition coefficient (Wildman–Crippen LogP) is 1.78. The van der Waals surface area contributed by atoms with Gasteiger partial charge in [-0.05, 0) is 44.2 Å². The summed E-state index contributed by atoms with van der Waals surface area (Å²) in [5, 5.41) is 3.44. The summed E-state index contributed by atoms with van der Waals surface area (Å²) >= 11 is 0. The molecular weight excluding hydrogens is 262 g/mol. The van der Waals surface area contributed by atoms with E-state index in [0.717, 1.165) is 32.4 Å². The second kappa shape index (κ2) is 5.43. The Balaban J connectivity index is 1.65. The molecule has 1 aromatic rings. The maximum absolute atomic E-state index is 11.9. The van der Waals surface area contributed by atoms with Gasteiger partial charge in [-0.25, -0.2) is 0 Å². The van der Waals surface area contributed by atoms with Gasteiger partial charge in [0, 0.05) is 25.2 Å². The van der Waals surface area contributed by atoms with E-state index >= 15 is 0 Å². The Hall–Kier alpha value is -1.39. The van der Waals surface area contributed by atoms with Gasteiger partial charge in [0.25, 0.3) is 0 Å². The van der Waals surface area contributed by atoms with Crippen molar-refractivity contribution in [3.05, 3.63) is 35.4 Å². The fourth-order valence-corrected chi connectivity index (χ4v) is 3.30. The van der Waals surface area contributed by atoms with Crippen LogP contribution in [0.25, 0.3) is 0 Å². The summed E-state index contributed by atoms with van der Waals surface area (Å²) in [5.41, 5.74) is 7.86. The van der Waals surface area contributed by atoms with Gasteiger partial charge in [0.1, 0.15) is 0 Å². The number of rotatable bonds is 6. The zero-order valence-corrected chi connectivity index (χ0v) is 12.9. The molecular formula is C17H25N3O. The van der Waals surface area contributed by atoms with Crippen molar-refractivity contribution in [3.8, 4) is 0 Å². The monoisotopic (exact) mass is 287 g/mol. The number of hydrogen-bond donors (Lipinski definition) is 2. The lowest BCUT2D eigenvalue weighted by Gasteiger charge is -2.34. The number of carbonyl (C=O) groups excluding carboxylic acids is 1. The van der Waals surface area contributed by atoms with Gasteiger partial charge >= 0.3 is 0 Å². The summed E-state index contributed by atoms with van der Waals surface area (Å²) in [5.74, 6) is -0.238. The summed E-state index contributed by atoms with van der Waals surface area (Å²) in [7, 11) is 0. The molecule has 0 bridgehead atoms. The van der Waals surface area contributed by atoms with Crippen LogP contribution < -0.4 is 11.1 Å². The van der Waals surface area contributed by atoms with Crippen molar-refractivity contribution in [2.24, 2.45) is 5.73 Å². The molecule has 1 aliphatic carbocycles. The number of carbonyl (C=O) groups is 1. The normalized spacial score (nSPS) is 22.6. The first-order valence-electron chi connectivity index (χ1n) is 7.86. The van der Waals surface area contributed by atoms with E-state index in [1.165, 1.54) is 11.1 Å². The first-order valence-corrected chi connectivity index (χ1v) is 7.86. The van der Waals surface area contributed by atoms with Crippen LogP contribution in [0.2, 0.25) is 0 Å². The number of nitrogens with zero attached hydrogens (tertiary/aromatic N) is 1. The van der Waals surface area contributed by atoms with E-state index in [1.807, 2.05) is 6.92 Å². The van der Waals surface area contributed by atoms with E-state index in [-0.39, 0.29) is 5.91 Å². The van der Waals surface area contributed by atoms with E-state index in [9.17, 15) is 4.79 Å². The first-order chi connectivity index (χ1) is 9.98. The minimum atomic E-state index is -0.602. The van der Waals surface area contributed by atoms with Gasteiger partial charge in [-0.3, -0.25) is 9.69 Å². The van der Waals surface area contributed by atoms with Crippen molar-refractivity contribution >= 4 is 5.91 Å². The highest BCUT2D eigenvalue weighted by Crippen LogP contribution is 2.29. The van der Waals surface area contributed by atoms with Crippen molar-refractivity contribution in [1.29, 1.82) is 0 Å². The zero-order valence-electron chi connectivity index (χ0n) is 12.9. The van der Waals surface area contributed by atoms with Gasteiger partial charge in [0.05, 0.1) is 5.54 Å². The van der Waals surface area contributed by atoms with Gasteiger partial charge < -0.3 is 11.1 Å². The fraction of sp³-hybridized carbons (Fsp3) is 0.588. The minimum absolute atomic E-state index is 0.238. The third-order valence-corrected chi connectivity index (χ3v) is 4.84. The summed E-state index contributed by atoms with van der Waals surface area (Å²) in [6.07, 6.45) is 3.08. The highest BCUT2D eigenvalue weighted by atomic mass is 16.1. The molecule has 2 aliphatic rings. The molecule has 0 aromatic heterocycles. The van der Waals surface area contributed by atoms with Crippen molar-refractivity contribution in [2.75, 3.05) is 0 Å². The first kappa shape index (κ1) is 14.5. The van der Waals surface area contributed by atoms with Gasteiger partial charge in [0.2, 0.25) is 5.91 Å². The Morgan fingerprint density at radius 1 is 1.38 bits per heavy atom. The summed E-state index contributed by atoms with van der Waals surface area (Å²) in [6, 6.07) is 9.37. The van der Waals surface area contributed by atoms with Crippen LogP contribution in [0.15, 0.2) is 24.3 Å². The molecule has 0 radical (unpaired) electrons. The maximum atomic E-state index is 11.9. The molecule has 1 heterocycles. The van der Waals surface area contributed by atoms with Crippen LogP contribution in [-0.4, -0.2) is 28.4 Å². The molecule has 1 fully saturated rings. The molecule has 1 aromatic carbocycles. The Labute approximate surface area is 126 Å². The number of fused-ring (bicyclic) bond motifs is 1. The highest BCUT2D eigenvalue weighted by Gasteiger charge is 2.39. The standard InChI is InChI=1S/C17H25N3O/c1-12(9-17(2,16(18)21)19-15-7-8-15)20-10-13-5-3-4-6-14(13)11-20/h3-6,12,15,19H,7-11H2,1-2H3,(H2,18,21). The minimum Gasteiger partial charge on any atom is -0.368 e. The van der Waals surface area contributed by atoms with Gasteiger partial charge in [-0.1, -0.05) is 24.3 Å². The van der Waals surface area contributed by atoms with Crippen LogP contribution in [0.5, 0.6) is 0 Å². The molecule has 1 aliphatic heterocycles. The average Bonchev–Trinajstić information content (AvgIpc) is 3.13. The van der Waals surface area contributed by atoms with E-state index in [4.69, 9.17) is 5.73 Å². The number of primary amides is 1. The lowest BCUT2D eigenvalue weighted by atomic mass is 9.92. The van der Waals surface area contributed by atoms with Crippen LogP contribution in [0.4, 0.5) is 0 Å². The smallest absolute Gasteiger partial charge is 0.237 e. The Morgan fingerprint density at radius 2 is 1.95 bits per heavy atom. The molecule has 3 N–H and O–H groups in total. The number of benzene rings is 1. The largest absolute Gasteiger partial charge is 0.368 e. The number of nitrogens with two attached hydrogens (primary N) is 1. The van der Waals surface area contributed by atoms with E-state index in [0.29, 0.717) is 12.1 Å². The lowest BCUT2D eigenvalue weighted by Crippen LogP contribution is -2.56. The molecule has 4 heteroatoms. The van der Waals surface area contributed by atoms with E-state index < -0.39 is 5.54 Å². The predicted molar refractivity (Wildman–Crippen MR) is 83.5 cm³/mol. The molecule has 0 saturated heterocycles. The SMILES string of the molecule is CC(CC(C)(NC1CC1)C(N)=O)N1Cc2ccccc2C1. The summed E-state index contributed by atoms with van der Waals surface area (Å²) in [6.45, 7) is 6.08. The number of hydrogen-bond acceptors (Lipinski definition) is 3. The molecule has 2 unspecified atom stereocenters. The summed E-state index contributed by atoms with van der Waals surface area (Å²) in [4.78, 5) is 14.3. The van der Waals surface area contributed by atoms with Crippen LogP contribution in [0, 0.1) is 0 Å². The maximum Gasteiger partial charge on any atom is 0.237 e. The van der Waals surface area contributed by atoms with Gasteiger partial charge in [0.15, 0.2) is 0 Å². The molecule has 2 atom stereocenters. The van der Waals surface area contributed by atoms with E-state index in [2.05, 4.69) is 41.4 Å². The molecule has 4 nitrogen and oxygen atoms in total. The second-order valence-electron chi connectivity index (χ2n) is 6.84. The zero-order chi connectivity index (χ0) is 15.0. The lowest BCUT2D eigenvalue weighted by molar-refractivity contribution is -0.124. The van der Waals surface area contributed by atoms with Gasteiger partial charge in [-0.15, -0.1) is 0 Å². The van der Waals surface area contributed by atoms with Crippen LogP contribution in [-0.2, 0) is 17.9 Å². The Kier molecular flexibility index (Phi) is 3.76. The van der Waals surface area contributed by atoms with Crippen molar-refractivity contribution < 1.29 is 4.79 Å². The van der Waals surface area contributed by atoms with E-state index in [1.54, 1.807) is 0 Å². The molecule has 1 amide bonds. The van der Waals surface area contributed by atoms with Crippen LogP contribution in [0.3, 0.4) is 0 Å². The molecule has 3 rings (SSSR count). The summed E-state index contributed by atoms with van der Waals surface area (Å²) < 4.78 is 0. The molecule has 1 saturated carbocycles. The number of nitrogens with one attached hydrogen (secondary N) is 1. The Morgan fingerprint density at radius 3 is 2.43 bits per heavy atom. The van der Waals surface area contributed by atoms with Gasteiger partial charge in [-0.2, -0.15) is 0 Å². The quantitative estimate of drug-likeness (QED) is 0.838. The van der Waals surface area contributed by atoms with Crippen molar-refractivity contribution in [2.45, 2.75) is 63.8 Å². The second-order valence-corrected chi connectivity index (χ2v) is 6.84. The Bertz CT molecular complexity index is 516. The van der Waals surface area contributed by atoms with Crippen molar-refractivity contribution in [3.63, 3.8) is 0 Å². The highest BCUT2D eigenvalue weighted by molar-refractivity contribution is 5.84. The molecule has 0 spiro atoms.